The van der Waals surface area contributed by atoms with Gasteiger partial charge in [-0.3, -0.25) is 4.79 Å². The number of hydrogen-bond acceptors (Lipinski definition) is 4. The van der Waals surface area contributed by atoms with Crippen molar-refractivity contribution in [3.05, 3.63) is 90.0 Å². The van der Waals surface area contributed by atoms with Gasteiger partial charge in [0, 0.05) is 18.9 Å². The molecule has 0 aliphatic rings. The lowest BCUT2D eigenvalue weighted by molar-refractivity contribution is -0.153. The number of imidazole rings is 1. The first kappa shape index (κ1) is 24.7. The third-order valence-electron chi connectivity index (χ3n) is 4.50. The molecular weight excluding hydrogens is 409 g/mol. The summed E-state index contributed by atoms with van der Waals surface area (Å²) in [6.07, 6.45) is 3.13. The van der Waals surface area contributed by atoms with Gasteiger partial charge in [-0.2, -0.15) is 0 Å². The van der Waals surface area contributed by atoms with Gasteiger partial charge < -0.3 is 14.6 Å². The third kappa shape index (κ3) is 5.18. The molecule has 2 aromatic carbocycles. The van der Waals surface area contributed by atoms with Crippen LogP contribution >= 0.6 is 24.8 Å². The predicted molar refractivity (Wildman–Crippen MR) is 120 cm³/mol. The van der Waals surface area contributed by atoms with E-state index in [0.29, 0.717) is 12.4 Å². The largest absolute Gasteiger partial charge is 0.460 e. The van der Waals surface area contributed by atoms with Crippen molar-refractivity contribution in [1.82, 2.24) is 14.9 Å². The lowest BCUT2D eigenvalue weighted by Crippen LogP contribution is -2.43. The van der Waals surface area contributed by atoms with Gasteiger partial charge in [-0.1, -0.05) is 60.7 Å². The second-order valence-corrected chi connectivity index (χ2v) is 6.90. The molecule has 0 spiro atoms. The van der Waals surface area contributed by atoms with Crippen LogP contribution in [0.1, 0.15) is 23.9 Å². The van der Waals surface area contributed by atoms with Gasteiger partial charge in [0.25, 0.3) is 0 Å². The Hall–Kier alpha value is -2.34. The Morgan fingerprint density at radius 1 is 1.03 bits per heavy atom. The monoisotopic (exact) mass is 435 g/mol. The van der Waals surface area contributed by atoms with Crippen molar-refractivity contribution in [2.24, 2.45) is 0 Å². The summed E-state index contributed by atoms with van der Waals surface area (Å²) in [5.74, 6) is 0.200. The van der Waals surface area contributed by atoms with Crippen LogP contribution in [0.3, 0.4) is 0 Å². The van der Waals surface area contributed by atoms with Crippen LogP contribution in [0.25, 0.3) is 0 Å². The molecular formula is C22H27Cl2N3O2. The number of H-pyrrole nitrogens is 1. The lowest BCUT2D eigenvalue weighted by atomic mass is 9.73. The number of hydrogen-bond donors (Lipinski definition) is 1. The van der Waals surface area contributed by atoms with E-state index in [0.717, 1.165) is 11.1 Å². The number of halogens is 2. The van der Waals surface area contributed by atoms with Crippen LogP contribution in [-0.4, -0.2) is 47.6 Å². The fraction of sp³-hybridized carbons (Fsp3) is 0.273. The van der Waals surface area contributed by atoms with Crippen LogP contribution < -0.4 is 0 Å². The van der Waals surface area contributed by atoms with Crippen molar-refractivity contribution in [2.45, 2.75) is 18.4 Å². The molecule has 0 saturated heterocycles. The fourth-order valence-corrected chi connectivity index (χ4v) is 3.44. The fourth-order valence-electron chi connectivity index (χ4n) is 3.44. The average molecular weight is 436 g/mol. The maximum Gasteiger partial charge on any atom is 0.329 e. The molecule has 0 radical (unpaired) electrons. The van der Waals surface area contributed by atoms with E-state index in [9.17, 15) is 4.79 Å². The summed E-state index contributed by atoms with van der Waals surface area (Å²) < 4.78 is 5.92. The van der Waals surface area contributed by atoms with E-state index in [-0.39, 0.29) is 36.9 Å². The molecule has 1 unspecified atom stereocenters. The molecule has 156 valence electrons. The molecule has 0 amide bonds. The number of ether oxygens (including phenoxy) is 1. The van der Waals surface area contributed by atoms with Gasteiger partial charge in [0.1, 0.15) is 11.9 Å². The highest BCUT2D eigenvalue weighted by Gasteiger charge is 2.48. The van der Waals surface area contributed by atoms with Crippen molar-refractivity contribution in [3.63, 3.8) is 0 Å². The van der Waals surface area contributed by atoms with Gasteiger partial charge >= 0.3 is 5.97 Å². The number of carbonyl (C=O) groups is 1. The lowest BCUT2D eigenvalue weighted by Gasteiger charge is -2.32. The zero-order valence-electron chi connectivity index (χ0n) is 16.7. The molecule has 0 aliphatic heterocycles. The van der Waals surface area contributed by atoms with E-state index in [2.05, 4.69) is 9.97 Å². The van der Waals surface area contributed by atoms with Crippen LogP contribution in [0.2, 0.25) is 0 Å². The SMILES string of the molecule is CC(CN(C)C)OC(=O)C(c1ccccc1)(c1ccccc1)c1ncc[nH]1.Cl.Cl. The van der Waals surface area contributed by atoms with E-state index >= 15 is 0 Å². The van der Waals surface area contributed by atoms with Crippen LogP contribution in [0, 0.1) is 0 Å². The van der Waals surface area contributed by atoms with Gasteiger partial charge in [-0.05, 0) is 32.1 Å². The Balaban J connectivity index is 0.00000210. The highest BCUT2D eigenvalue weighted by atomic mass is 35.5. The number of aromatic nitrogens is 2. The summed E-state index contributed by atoms with van der Waals surface area (Å²) in [5.41, 5.74) is 0.466. The number of rotatable bonds is 7. The molecule has 3 rings (SSSR count). The van der Waals surface area contributed by atoms with Crippen LogP contribution in [0.4, 0.5) is 0 Å². The van der Waals surface area contributed by atoms with Crippen molar-refractivity contribution < 1.29 is 9.53 Å². The summed E-state index contributed by atoms with van der Waals surface area (Å²) in [7, 11) is 3.91. The number of nitrogens with one attached hydrogen (secondary N) is 1. The molecule has 1 heterocycles. The van der Waals surface area contributed by atoms with Crippen molar-refractivity contribution in [2.75, 3.05) is 20.6 Å². The number of esters is 1. The quantitative estimate of drug-likeness (QED) is 0.567. The van der Waals surface area contributed by atoms with E-state index in [1.165, 1.54) is 0 Å². The van der Waals surface area contributed by atoms with E-state index in [1.807, 2.05) is 86.6 Å². The predicted octanol–water partition coefficient (Wildman–Crippen LogP) is 4.08. The standard InChI is InChI=1S/C22H25N3O2.2ClH/c1-17(16-25(2)3)27-21(26)22(20-23-14-15-24-20,18-10-6-4-7-11-18)19-12-8-5-9-13-19;;/h4-15,17H,16H2,1-3H3,(H,23,24);2*1H. The first-order valence-corrected chi connectivity index (χ1v) is 9.02. The molecule has 0 aliphatic carbocycles. The van der Waals surface area contributed by atoms with Gasteiger partial charge in [0.05, 0.1) is 0 Å². The molecule has 0 bridgehead atoms. The maximum atomic E-state index is 13.7. The minimum atomic E-state index is -1.16. The molecule has 0 saturated carbocycles. The minimum absolute atomic E-state index is 0. The second kappa shape index (κ2) is 11.0. The second-order valence-electron chi connectivity index (χ2n) is 6.90. The first-order chi connectivity index (χ1) is 13.0. The Morgan fingerprint density at radius 2 is 1.55 bits per heavy atom. The molecule has 1 aromatic heterocycles. The van der Waals surface area contributed by atoms with E-state index < -0.39 is 5.41 Å². The number of likely N-dealkylation sites (N-methyl/N-ethyl adjacent to an activating group) is 1. The Morgan fingerprint density at radius 3 is 1.97 bits per heavy atom. The normalized spacial score (nSPS) is 11.9. The first-order valence-electron chi connectivity index (χ1n) is 9.02. The minimum Gasteiger partial charge on any atom is -0.460 e. The third-order valence-corrected chi connectivity index (χ3v) is 4.50. The smallest absolute Gasteiger partial charge is 0.329 e. The molecule has 0 fully saturated rings. The molecule has 29 heavy (non-hydrogen) atoms. The molecule has 5 nitrogen and oxygen atoms in total. The maximum absolute atomic E-state index is 13.7. The number of carbonyl (C=O) groups excluding carboxylic acids is 1. The van der Waals surface area contributed by atoms with Gasteiger partial charge in [-0.25, -0.2) is 4.98 Å². The number of benzene rings is 2. The number of aromatic amines is 1. The zero-order chi connectivity index (χ0) is 19.3. The van der Waals surface area contributed by atoms with Gasteiger partial charge in [0.15, 0.2) is 5.41 Å². The molecule has 1 N–H and O–H groups in total. The average Bonchev–Trinajstić information content (AvgIpc) is 3.18. The van der Waals surface area contributed by atoms with Crippen molar-refractivity contribution in [1.29, 1.82) is 0 Å². The van der Waals surface area contributed by atoms with Crippen LogP contribution in [0.15, 0.2) is 73.1 Å². The van der Waals surface area contributed by atoms with Crippen molar-refractivity contribution in [3.8, 4) is 0 Å². The van der Waals surface area contributed by atoms with E-state index in [1.54, 1.807) is 12.4 Å². The molecule has 7 heteroatoms. The molecule has 3 aromatic rings. The summed E-state index contributed by atoms with van der Waals surface area (Å²) in [4.78, 5) is 23.3. The van der Waals surface area contributed by atoms with Crippen LogP contribution in [-0.2, 0) is 14.9 Å². The van der Waals surface area contributed by atoms with E-state index in [4.69, 9.17) is 4.74 Å². The van der Waals surface area contributed by atoms with Crippen LogP contribution in [0.5, 0.6) is 0 Å². The highest BCUT2D eigenvalue weighted by molar-refractivity contribution is 5.91. The Kier molecular flexibility index (Phi) is 9.37. The number of nitrogens with zero attached hydrogens (tertiary/aromatic N) is 2. The molecule has 1 atom stereocenters. The van der Waals surface area contributed by atoms with Gasteiger partial charge in [0.2, 0.25) is 0 Å². The van der Waals surface area contributed by atoms with Gasteiger partial charge in [-0.15, -0.1) is 24.8 Å². The van der Waals surface area contributed by atoms with Crippen molar-refractivity contribution >= 4 is 30.8 Å². The zero-order valence-corrected chi connectivity index (χ0v) is 18.4. The Labute approximate surface area is 184 Å². The topological polar surface area (TPSA) is 58.2 Å². The highest BCUT2D eigenvalue weighted by Crippen LogP contribution is 2.39. The summed E-state index contributed by atoms with van der Waals surface area (Å²) in [6, 6.07) is 19.3. The Bertz CT molecular complexity index is 817. The summed E-state index contributed by atoms with van der Waals surface area (Å²) >= 11 is 0. The summed E-state index contributed by atoms with van der Waals surface area (Å²) in [5, 5.41) is 0. The summed E-state index contributed by atoms with van der Waals surface area (Å²) in [6.45, 7) is 2.55.